The third-order valence-corrected chi connectivity index (χ3v) is 5.44. The van der Waals surface area contributed by atoms with Crippen molar-refractivity contribution in [3.63, 3.8) is 0 Å². The number of benzene rings is 1. The highest BCUT2D eigenvalue weighted by atomic mass is 35.5. The van der Waals surface area contributed by atoms with Gasteiger partial charge in [-0.3, -0.25) is 9.69 Å². The van der Waals surface area contributed by atoms with E-state index in [1.54, 1.807) is 37.6 Å². The van der Waals surface area contributed by atoms with Crippen LogP contribution < -0.4 is 9.64 Å². The van der Waals surface area contributed by atoms with Gasteiger partial charge in [0.25, 0.3) is 5.91 Å². The zero-order valence-corrected chi connectivity index (χ0v) is 15.9. The summed E-state index contributed by atoms with van der Waals surface area (Å²) in [5.74, 6) is 0.933. The number of nitrogens with zero attached hydrogens (tertiary/aromatic N) is 2. The second-order valence-corrected chi connectivity index (χ2v) is 6.98. The van der Waals surface area contributed by atoms with Crippen molar-refractivity contribution < 1.29 is 23.4 Å². The lowest BCUT2D eigenvalue weighted by Gasteiger charge is -2.22. The van der Waals surface area contributed by atoms with Crippen LogP contribution in [-0.2, 0) is 20.8 Å². The van der Waals surface area contributed by atoms with Crippen molar-refractivity contribution in [2.45, 2.75) is 6.54 Å². The number of carbonyl (C=O) groups is 1. The number of hydrogen-bond acceptors (Lipinski definition) is 7. The molecule has 2 aromatic heterocycles. The van der Waals surface area contributed by atoms with Gasteiger partial charge in [0, 0.05) is 0 Å². The van der Waals surface area contributed by atoms with Crippen LogP contribution in [0, 0.1) is 0 Å². The van der Waals surface area contributed by atoms with Crippen molar-refractivity contribution in [2.24, 2.45) is 0 Å². The van der Waals surface area contributed by atoms with Gasteiger partial charge >= 0.3 is 0 Å². The monoisotopic (exact) mass is 406 g/mol. The summed E-state index contributed by atoms with van der Waals surface area (Å²) in [6, 6.07) is 7.03. The SMILES string of the molecule is COc1ccc(Cl)c2sc(N(Cc3ccco3)C(=O)C3=COCCO3)nc12. The largest absolute Gasteiger partial charge is 0.494 e. The first-order valence-electron chi connectivity index (χ1n) is 8.09. The molecule has 0 bridgehead atoms. The first-order chi connectivity index (χ1) is 13.2. The van der Waals surface area contributed by atoms with Crippen LogP contribution in [0.15, 0.2) is 47.0 Å². The number of anilines is 1. The van der Waals surface area contributed by atoms with Gasteiger partial charge in [-0.25, -0.2) is 4.98 Å². The summed E-state index contributed by atoms with van der Waals surface area (Å²) in [7, 11) is 1.56. The Hall–Kier alpha value is -2.71. The number of furan rings is 1. The smallest absolute Gasteiger partial charge is 0.298 e. The lowest BCUT2D eigenvalue weighted by molar-refractivity contribution is -0.120. The number of halogens is 1. The van der Waals surface area contributed by atoms with Crippen LogP contribution in [0.4, 0.5) is 5.13 Å². The van der Waals surface area contributed by atoms with Gasteiger partial charge < -0.3 is 18.6 Å². The molecule has 0 spiro atoms. The van der Waals surface area contributed by atoms with Crippen molar-refractivity contribution in [3.8, 4) is 5.75 Å². The second-order valence-electron chi connectivity index (χ2n) is 5.60. The average molecular weight is 407 g/mol. The Kier molecular flexibility index (Phi) is 4.91. The Labute approximate surface area is 163 Å². The Balaban J connectivity index is 1.78. The van der Waals surface area contributed by atoms with E-state index in [0.29, 0.717) is 40.4 Å². The van der Waals surface area contributed by atoms with Crippen LogP contribution in [0.5, 0.6) is 5.75 Å². The van der Waals surface area contributed by atoms with Crippen molar-refractivity contribution in [3.05, 3.63) is 53.3 Å². The van der Waals surface area contributed by atoms with Crippen molar-refractivity contribution in [2.75, 3.05) is 25.2 Å². The van der Waals surface area contributed by atoms with Crippen LogP contribution in [0.25, 0.3) is 10.2 Å². The molecule has 0 aliphatic carbocycles. The van der Waals surface area contributed by atoms with Crippen LogP contribution in [-0.4, -0.2) is 31.2 Å². The standard InChI is InChI=1S/C18H15ClN2O5S/c1-23-13-5-4-12(19)16-15(13)20-18(27-16)21(9-11-3-2-6-25-11)17(22)14-10-24-7-8-26-14/h2-6,10H,7-9H2,1H3. The van der Waals surface area contributed by atoms with Crippen LogP contribution in [0.2, 0.25) is 5.02 Å². The van der Waals surface area contributed by atoms with E-state index in [1.165, 1.54) is 22.5 Å². The summed E-state index contributed by atoms with van der Waals surface area (Å²) >= 11 is 7.60. The van der Waals surface area contributed by atoms with E-state index >= 15 is 0 Å². The van der Waals surface area contributed by atoms with Crippen LogP contribution in [0.1, 0.15) is 5.76 Å². The van der Waals surface area contributed by atoms with E-state index in [2.05, 4.69) is 4.98 Å². The molecule has 0 atom stereocenters. The number of ether oxygens (including phenoxy) is 3. The van der Waals surface area contributed by atoms with Crippen molar-refractivity contribution >= 4 is 44.2 Å². The quantitative estimate of drug-likeness (QED) is 0.638. The maximum atomic E-state index is 13.1. The molecule has 4 rings (SSSR count). The number of amides is 1. The maximum absolute atomic E-state index is 13.1. The van der Waals surface area contributed by atoms with E-state index < -0.39 is 0 Å². The highest BCUT2D eigenvalue weighted by molar-refractivity contribution is 7.23. The lowest BCUT2D eigenvalue weighted by atomic mass is 10.3. The number of hydrogen-bond donors (Lipinski definition) is 0. The molecule has 140 valence electrons. The molecule has 3 heterocycles. The molecule has 0 radical (unpaired) electrons. The summed E-state index contributed by atoms with van der Waals surface area (Å²) in [5, 5.41) is 0.990. The van der Waals surface area contributed by atoms with Gasteiger partial charge in [0.1, 0.15) is 36.5 Å². The molecule has 1 amide bonds. The summed E-state index contributed by atoms with van der Waals surface area (Å²) in [6.45, 7) is 0.904. The average Bonchev–Trinajstić information content (AvgIpc) is 3.37. The van der Waals surface area contributed by atoms with Crippen molar-refractivity contribution in [1.82, 2.24) is 4.98 Å². The summed E-state index contributed by atoms with van der Waals surface area (Å²) in [4.78, 5) is 19.1. The molecule has 1 aliphatic rings. The molecule has 0 N–H and O–H groups in total. The third-order valence-electron chi connectivity index (χ3n) is 3.90. The van der Waals surface area contributed by atoms with E-state index in [9.17, 15) is 4.79 Å². The fraction of sp³-hybridized carbons (Fsp3) is 0.222. The van der Waals surface area contributed by atoms with Crippen LogP contribution >= 0.6 is 22.9 Å². The minimum atomic E-state index is -0.375. The highest BCUT2D eigenvalue weighted by Gasteiger charge is 2.28. The first kappa shape index (κ1) is 17.7. The van der Waals surface area contributed by atoms with E-state index in [1.807, 2.05) is 0 Å². The number of rotatable bonds is 5. The fourth-order valence-electron chi connectivity index (χ4n) is 2.62. The number of methoxy groups -OCH3 is 1. The Bertz CT molecular complexity index is 999. The van der Waals surface area contributed by atoms with E-state index in [4.69, 9.17) is 30.2 Å². The predicted molar refractivity (Wildman–Crippen MR) is 101 cm³/mol. The molecule has 1 aliphatic heterocycles. The minimum Gasteiger partial charge on any atom is -0.494 e. The first-order valence-corrected chi connectivity index (χ1v) is 9.28. The van der Waals surface area contributed by atoms with Crippen LogP contribution in [0.3, 0.4) is 0 Å². The molecule has 1 aromatic carbocycles. The normalized spacial score (nSPS) is 13.6. The minimum absolute atomic E-state index is 0.116. The second kappa shape index (κ2) is 7.50. The summed E-state index contributed by atoms with van der Waals surface area (Å²) in [6.07, 6.45) is 2.87. The zero-order valence-electron chi connectivity index (χ0n) is 14.3. The Morgan fingerprint density at radius 2 is 2.26 bits per heavy atom. The van der Waals surface area contributed by atoms with E-state index in [0.717, 1.165) is 4.70 Å². The molecule has 0 unspecified atom stereocenters. The predicted octanol–water partition coefficient (Wildman–Crippen LogP) is 3.97. The van der Waals surface area contributed by atoms with Gasteiger partial charge in [-0.05, 0) is 24.3 Å². The maximum Gasteiger partial charge on any atom is 0.298 e. The van der Waals surface area contributed by atoms with Gasteiger partial charge in [0.05, 0.1) is 29.6 Å². The highest BCUT2D eigenvalue weighted by Crippen LogP contribution is 2.39. The van der Waals surface area contributed by atoms with Gasteiger partial charge in [-0.15, -0.1) is 0 Å². The summed E-state index contributed by atoms with van der Waals surface area (Å²) in [5.41, 5.74) is 0.594. The molecular weight excluding hydrogens is 392 g/mol. The fourth-order valence-corrected chi connectivity index (χ4v) is 3.87. The number of carbonyl (C=O) groups excluding carboxylic acids is 1. The number of fused-ring (bicyclic) bond motifs is 1. The number of aromatic nitrogens is 1. The lowest BCUT2D eigenvalue weighted by Crippen LogP contribution is -2.33. The molecule has 0 saturated carbocycles. The molecule has 7 nitrogen and oxygen atoms in total. The van der Waals surface area contributed by atoms with Crippen molar-refractivity contribution in [1.29, 1.82) is 0 Å². The topological polar surface area (TPSA) is 74.0 Å². The Morgan fingerprint density at radius 1 is 1.37 bits per heavy atom. The van der Waals surface area contributed by atoms with Gasteiger partial charge in [0.15, 0.2) is 5.13 Å². The van der Waals surface area contributed by atoms with Gasteiger partial charge in [0.2, 0.25) is 5.76 Å². The molecule has 9 heteroatoms. The molecule has 0 fully saturated rings. The molecule has 27 heavy (non-hydrogen) atoms. The number of thiazole rings is 1. The van der Waals surface area contributed by atoms with E-state index in [-0.39, 0.29) is 18.2 Å². The third kappa shape index (κ3) is 3.45. The Morgan fingerprint density at radius 3 is 2.96 bits per heavy atom. The molecule has 0 saturated heterocycles. The zero-order chi connectivity index (χ0) is 18.8. The molecular formula is C18H15ClN2O5S. The van der Waals surface area contributed by atoms with Gasteiger partial charge in [-0.2, -0.15) is 0 Å². The molecule has 3 aromatic rings. The van der Waals surface area contributed by atoms with Gasteiger partial charge in [-0.1, -0.05) is 22.9 Å². The summed E-state index contributed by atoms with van der Waals surface area (Å²) < 4.78 is 22.2.